The molecule has 2 atom stereocenters. The van der Waals surface area contributed by atoms with E-state index in [9.17, 15) is 0 Å². The quantitative estimate of drug-likeness (QED) is 0.657. The molecule has 1 aliphatic heterocycles. The Kier molecular flexibility index (Phi) is 3.75. The van der Waals surface area contributed by atoms with E-state index in [1.807, 2.05) is 0 Å². The fourth-order valence-electron chi connectivity index (χ4n) is 2.44. The third kappa shape index (κ3) is 2.80. The Morgan fingerprint density at radius 3 is 2.73 bits per heavy atom. The van der Waals surface area contributed by atoms with E-state index in [0.717, 1.165) is 0 Å². The molecule has 0 amide bonds. The summed E-state index contributed by atoms with van der Waals surface area (Å²) >= 11 is 0. The van der Waals surface area contributed by atoms with E-state index in [1.54, 1.807) is 4.90 Å². The summed E-state index contributed by atoms with van der Waals surface area (Å²) in [6.07, 6.45) is 1.35. The van der Waals surface area contributed by atoms with Gasteiger partial charge in [-0.25, -0.2) is 0 Å². The van der Waals surface area contributed by atoms with Gasteiger partial charge in [-0.15, -0.1) is 0 Å². The standard InChI is InChI=1S/C13H20N2/c1-12(13-6-3-2-4-7-13)15-10-5-8-14-9-11-15/h2-4,6-7,12,14H,5,8-11H2,1H3/p+2/t12-/m1/s1. The summed E-state index contributed by atoms with van der Waals surface area (Å²) in [5.41, 5.74) is 1.48. The van der Waals surface area contributed by atoms with Crippen LogP contribution in [0.15, 0.2) is 30.3 Å². The average molecular weight is 206 g/mol. The number of nitrogens with two attached hydrogens (primary N) is 1. The Morgan fingerprint density at radius 1 is 1.13 bits per heavy atom. The summed E-state index contributed by atoms with van der Waals surface area (Å²) in [7, 11) is 0. The summed E-state index contributed by atoms with van der Waals surface area (Å²) in [5, 5.41) is 2.45. The van der Waals surface area contributed by atoms with E-state index in [4.69, 9.17) is 0 Å². The van der Waals surface area contributed by atoms with Crippen molar-refractivity contribution in [2.75, 3.05) is 26.2 Å². The number of rotatable bonds is 2. The highest BCUT2D eigenvalue weighted by Crippen LogP contribution is 2.07. The van der Waals surface area contributed by atoms with E-state index < -0.39 is 0 Å². The Balaban J connectivity index is 2.03. The summed E-state index contributed by atoms with van der Waals surface area (Å²) < 4.78 is 0. The van der Waals surface area contributed by atoms with Gasteiger partial charge in [0.1, 0.15) is 19.1 Å². The zero-order chi connectivity index (χ0) is 10.5. The minimum Gasteiger partial charge on any atom is -0.341 e. The third-order valence-electron chi connectivity index (χ3n) is 3.49. The predicted octanol–water partition coefficient (Wildman–Crippen LogP) is -0.400. The first-order valence-electron chi connectivity index (χ1n) is 6.09. The first-order chi connectivity index (χ1) is 7.38. The molecule has 0 spiro atoms. The Hall–Kier alpha value is -0.860. The van der Waals surface area contributed by atoms with Gasteiger partial charge < -0.3 is 10.2 Å². The van der Waals surface area contributed by atoms with E-state index in [0.29, 0.717) is 6.04 Å². The zero-order valence-corrected chi connectivity index (χ0v) is 9.58. The van der Waals surface area contributed by atoms with Crippen LogP contribution in [0.3, 0.4) is 0 Å². The number of benzene rings is 1. The second-order valence-electron chi connectivity index (χ2n) is 4.51. The fourth-order valence-corrected chi connectivity index (χ4v) is 2.44. The van der Waals surface area contributed by atoms with Gasteiger partial charge >= 0.3 is 0 Å². The Morgan fingerprint density at radius 2 is 1.93 bits per heavy atom. The van der Waals surface area contributed by atoms with Crippen molar-refractivity contribution in [3.05, 3.63) is 35.9 Å². The van der Waals surface area contributed by atoms with Crippen molar-refractivity contribution in [2.45, 2.75) is 19.4 Å². The van der Waals surface area contributed by atoms with Crippen LogP contribution >= 0.6 is 0 Å². The molecule has 3 N–H and O–H groups in total. The molecular formula is C13H22N2+2. The summed E-state index contributed by atoms with van der Waals surface area (Å²) in [6.45, 7) is 7.58. The molecular weight excluding hydrogens is 184 g/mol. The van der Waals surface area contributed by atoms with Gasteiger partial charge in [0, 0.05) is 12.0 Å². The molecule has 1 saturated heterocycles. The monoisotopic (exact) mass is 206 g/mol. The molecule has 0 radical (unpaired) electrons. The van der Waals surface area contributed by atoms with Crippen LogP contribution in [0, 0.1) is 0 Å². The number of hydrogen-bond donors (Lipinski definition) is 2. The molecule has 1 aliphatic rings. The number of quaternary nitrogens is 2. The predicted molar refractivity (Wildman–Crippen MR) is 61.8 cm³/mol. The van der Waals surface area contributed by atoms with Crippen LogP contribution in [0.1, 0.15) is 24.9 Å². The van der Waals surface area contributed by atoms with Crippen molar-refractivity contribution in [3.8, 4) is 0 Å². The summed E-state index contributed by atoms with van der Waals surface area (Å²) in [6, 6.07) is 11.6. The van der Waals surface area contributed by atoms with Crippen LogP contribution in [0.2, 0.25) is 0 Å². The van der Waals surface area contributed by atoms with Crippen LogP contribution in [0.4, 0.5) is 0 Å². The maximum absolute atomic E-state index is 2.45. The average Bonchev–Trinajstić information content (AvgIpc) is 2.58. The van der Waals surface area contributed by atoms with Gasteiger partial charge in [0.15, 0.2) is 0 Å². The minimum atomic E-state index is 0.651. The van der Waals surface area contributed by atoms with Gasteiger partial charge in [0.25, 0.3) is 0 Å². The summed E-state index contributed by atoms with van der Waals surface area (Å²) in [4.78, 5) is 1.75. The van der Waals surface area contributed by atoms with E-state index >= 15 is 0 Å². The molecule has 1 unspecified atom stereocenters. The molecule has 0 aliphatic carbocycles. The highest BCUT2D eigenvalue weighted by atomic mass is 15.2. The Bertz CT molecular complexity index is 276. The van der Waals surface area contributed by atoms with E-state index in [2.05, 4.69) is 42.6 Å². The lowest BCUT2D eigenvalue weighted by atomic mass is 10.1. The maximum atomic E-state index is 2.45. The normalized spacial score (nSPS) is 24.5. The van der Waals surface area contributed by atoms with Crippen molar-refractivity contribution in [1.82, 2.24) is 0 Å². The molecule has 0 saturated carbocycles. The van der Waals surface area contributed by atoms with Gasteiger partial charge in [-0.05, 0) is 6.92 Å². The SMILES string of the molecule is C[C@H](c1ccccc1)[NH+]1CCC[NH2+]CC1. The van der Waals surface area contributed by atoms with Gasteiger partial charge in [0.05, 0.1) is 13.1 Å². The van der Waals surface area contributed by atoms with Crippen molar-refractivity contribution in [2.24, 2.45) is 0 Å². The van der Waals surface area contributed by atoms with Crippen molar-refractivity contribution >= 4 is 0 Å². The van der Waals surface area contributed by atoms with E-state index in [-0.39, 0.29) is 0 Å². The molecule has 2 heteroatoms. The Labute approximate surface area is 92.3 Å². The molecule has 0 aromatic heterocycles. The molecule has 82 valence electrons. The molecule has 1 aromatic carbocycles. The highest BCUT2D eigenvalue weighted by molar-refractivity contribution is 5.16. The summed E-state index contributed by atoms with van der Waals surface area (Å²) in [5.74, 6) is 0. The topological polar surface area (TPSA) is 21.1 Å². The molecule has 1 aromatic rings. The van der Waals surface area contributed by atoms with Crippen molar-refractivity contribution < 1.29 is 10.2 Å². The van der Waals surface area contributed by atoms with E-state index in [1.165, 1.54) is 38.2 Å². The molecule has 1 fully saturated rings. The largest absolute Gasteiger partial charge is 0.341 e. The van der Waals surface area contributed by atoms with Gasteiger partial charge in [-0.3, -0.25) is 0 Å². The van der Waals surface area contributed by atoms with Crippen LogP contribution in [-0.2, 0) is 0 Å². The first-order valence-corrected chi connectivity index (χ1v) is 6.09. The van der Waals surface area contributed by atoms with Crippen LogP contribution < -0.4 is 10.2 Å². The lowest BCUT2D eigenvalue weighted by molar-refractivity contribution is -0.933. The van der Waals surface area contributed by atoms with Gasteiger partial charge in [-0.2, -0.15) is 0 Å². The number of nitrogens with one attached hydrogen (secondary N) is 1. The fraction of sp³-hybridized carbons (Fsp3) is 0.538. The minimum absolute atomic E-state index is 0.651. The molecule has 2 nitrogen and oxygen atoms in total. The second kappa shape index (κ2) is 5.29. The molecule has 2 rings (SSSR count). The zero-order valence-electron chi connectivity index (χ0n) is 9.58. The first kappa shape index (κ1) is 10.7. The van der Waals surface area contributed by atoms with Crippen LogP contribution in [0.5, 0.6) is 0 Å². The second-order valence-corrected chi connectivity index (χ2v) is 4.51. The lowest BCUT2D eigenvalue weighted by Crippen LogP contribution is -3.13. The van der Waals surface area contributed by atoms with Crippen LogP contribution in [0.25, 0.3) is 0 Å². The lowest BCUT2D eigenvalue weighted by Gasteiger charge is -2.23. The van der Waals surface area contributed by atoms with Crippen molar-refractivity contribution in [1.29, 1.82) is 0 Å². The van der Waals surface area contributed by atoms with Crippen LogP contribution in [-0.4, -0.2) is 26.2 Å². The molecule has 0 bridgehead atoms. The maximum Gasteiger partial charge on any atom is 0.127 e. The molecule has 15 heavy (non-hydrogen) atoms. The number of hydrogen-bond acceptors (Lipinski definition) is 0. The van der Waals surface area contributed by atoms with Gasteiger partial charge in [0.2, 0.25) is 0 Å². The molecule has 1 heterocycles. The highest BCUT2D eigenvalue weighted by Gasteiger charge is 2.21. The van der Waals surface area contributed by atoms with Gasteiger partial charge in [-0.1, -0.05) is 30.3 Å². The third-order valence-corrected chi connectivity index (χ3v) is 3.49. The smallest absolute Gasteiger partial charge is 0.127 e. The van der Waals surface area contributed by atoms with Crippen molar-refractivity contribution in [3.63, 3.8) is 0 Å².